The highest BCUT2D eigenvalue weighted by Crippen LogP contribution is 2.40. The van der Waals surface area contributed by atoms with Crippen LogP contribution in [0.2, 0.25) is 25.7 Å². The molecular weight excluding hydrogens is 518 g/mol. The minimum absolute atomic E-state index is 0.00217. The average molecular weight is 551 g/mol. The van der Waals surface area contributed by atoms with Gasteiger partial charge in [-0.15, -0.1) is 0 Å². The van der Waals surface area contributed by atoms with E-state index in [0.29, 0.717) is 31.1 Å². The standard InChI is InChI=1S/C26H32F2N2O5SSi/c1-18-19(2)29-35-25(18)30(17-34-13-14-37(4,5)6)36(32,33)24-10-8-7-9-22(24)21-12-11-20(16-31)15-23(21)26(3,27)28/h7-12,15-16H,13-14,17H2,1-6H3. The Kier molecular flexibility index (Phi) is 8.40. The molecule has 7 nitrogen and oxygen atoms in total. The van der Waals surface area contributed by atoms with Crippen LogP contribution in [0.5, 0.6) is 0 Å². The van der Waals surface area contributed by atoms with Gasteiger partial charge in [0.05, 0.1) is 10.6 Å². The van der Waals surface area contributed by atoms with Gasteiger partial charge in [-0.05, 0) is 37.6 Å². The highest BCUT2D eigenvalue weighted by atomic mass is 32.2. The van der Waals surface area contributed by atoms with Crippen molar-refractivity contribution < 1.29 is 31.3 Å². The number of aryl methyl sites for hydroxylation is 1. The maximum atomic E-state index is 14.6. The first kappa shape index (κ1) is 28.7. The number of anilines is 1. The summed E-state index contributed by atoms with van der Waals surface area (Å²) in [4.78, 5) is 11.0. The molecule has 200 valence electrons. The number of hydrogen-bond acceptors (Lipinski definition) is 6. The number of aromatic nitrogens is 1. The first-order chi connectivity index (χ1) is 17.2. The smallest absolute Gasteiger partial charge is 0.271 e. The van der Waals surface area contributed by atoms with Gasteiger partial charge >= 0.3 is 0 Å². The minimum Gasteiger partial charge on any atom is -0.360 e. The molecule has 0 atom stereocenters. The summed E-state index contributed by atoms with van der Waals surface area (Å²) in [6.07, 6.45) is 0.468. The van der Waals surface area contributed by atoms with E-state index in [1.54, 1.807) is 19.9 Å². The third-order valence-electron chi connectivity index (χ3n) is 5.96. The second-order valence-electron chi connectivity index (χ2n) is 10.2. The number of nitrogens with zero attached hydrogens (tertiary/aromatic N) is 2. The number of carbonyl (C=O) groups is 1. The largest absolute Gasteiger partial charge is 0.360 e. The molecule has 3 aromatic rings. The van der Waals surface area contributed by atoms with Crippen LogP contribution in [0.15, 0.2) is 51.9 Å². The van der Waals surface area contributed by atoms with Crippen LogP contribution < -0.4 is 4.31 Å². The quantitative estimate of drug-likeness (QED) is 0.119. The van der Waals surface area contributed by atoms with E-state index in [4.69, 9.17) is 9.26 Å². The Morgan fingerprint density at radius 2 is 1.78 bits per heavy atom. The number of sulfonamides is 1. The number of halogens is 2. The normalized spacial score (nSPS) is 12.5. The molecule has 11 heteroatoms. The topological polar surface area (TPSA) is 89.7 Å². The van der Waals surface area contributed by atoms with Crippen molar-refractivity contribution in [3.63, 3.8) is 0 Å². The van der Waals surface area contributed by atoms with Crippen LogP contribution in [0.25, 0.3) is 11.1 Å². The summed E-state index contributed by atoms with van der Waals surface area (Å²) >= 11 is 0. The van der Waals surface area contributed by atoms with Gasteiger partial charge in [0.1, 0.15) is 13.0 Å². The van der Waals surface area contributed by atoms with Crippen molar-refractivity contribution in [1.29, 1.82) is 0 Å². The molecule has 0 bridgehead atoms. The molecule has 0 N–H and O–H groups in total. The molecule has 0 aliphatic rings. The van der Waals surface area contributed by atoms with Crippen molar-refractivity contribution in [2.45, 2.75) is 57.3 Å². The van der Waals surface area contributed by atoms with E-state index in [-0.39, 0.29) is 34.2 Å². The van der Waals surface area contributed by atoms with Crippen LogP contribution in [-0.2, 0) is 20.7 Å². The van der Waals surface area contributed by atoms with Crippen LogP contribution in [-0.4, -0.2) is 41.3 Å². The first-order valence-electron chi connectivity index (χ1n) is 11.8. The highest BCUT2D eigenvalue weighted by Gasteiger charge is 2.35. The minimum atomic E-state index is -4.36. The lowest BCUT2D eigenvalue weighted by Crippen LogP contribution is -2.34. The highest BCUT2D eigenvalue weighted by molar-refractivity contribution is 7.93. The molecule has 0 spiro atoms. The van der Waals surface area contributed by atoms with Gasteiger partial charge in [0, 0.05) is 43.9 Å². The maximum absolute atomic E-state index is 14.6. The number of aldehydes is 1. The molecule has 1 heterocycles. The summed E-state index contributed by atoms with van der Waals surface area (Å²) in [6, 6.07) is 10.5. The van der Waals surface area contributed by atoms with E-state index in [0.717, 1.165) is 16.4 Å². The van der Waals surface area contributed by atoms with Gasteiger partial charge in [-0.25, -0.2) is 21.5 Å². The zero-order chi connectivity index (χ0) is 27.6. The van der Waals surface area contributed by atoms with Gasteiger partial charge in [-0.2, -0.15) is 0 Å². The average Bonchev–Trinajstić information content (AvgIpc) is 3.15. The number of benzene rings is 2. The van der Waals surface area contributed by atoms with Crippen LogP contribution in [0.4, 0.5) is 14.7 Å². The van der Waals surface area contributed by atoms with Gasteiger partial charge in [0.15, 0.2) is 0 Å². The number of rotatable bonds is 11. The lowest BCUT2D eigenvalue weighted by Gasteiger charge is -2.25. The summed E-state index contributed by atoms with van der Waals surface area (Å²) in [5, 5.41) is 3.90. The van der Waals surface area contributed by atoms with Crippen LogP contribution in [0.1, 0.15) is 34.1 Å². The maximum Gasteiger partial charge on any atom is 0.271 e. The van der Waals surface area contributed by atoms with E-state index in [9.17, 15) is 22.0 Å². The summed E-state index contributed by atoms with van der Waals surface area (Å²) in [5.74, 6) is -3.33. The molecule has 37 heavy (non-hydrogen) atoms. The van der Waals surface area contributed by atoms with Gasteiger partial charge in [-0.3, -0.25) is 4.79 Å². The van der Waals surface area contributed by atoms with Gasteiger partial charge in [0.25, 0.3) is 15.9 Å². The van der Waals surface area contributed by atoms with Crippen molar-refractivity contribution in [2.75, 3.05) is 17.6 Å². The molecule has 3 rings (SSSR count). The number of carbonyl (C=O) groups excluding carboxylic acids is 1. The molecule has 0 aliphatic heterocycles. The summed E-state index contributed by atoms with van der Waals surface area (Å²) in [5.41, 5.74) is 0.712. The van der Waals surface area contributed by atoms with E-state index < -0.39 is 29.6 Å². The van der Waals surface area contributed by atoms with Gasteiger partial charge < -0.3 is 9.26 Å². The predicted octanol–water partition coefficient (Wildman–Crippen LogP) is 6.39. The second-order valence-corrected chi connectivity index (χ2v) is 17.7. The Morgan fingerprint density at radius 1 is 1.11 bits per heavy atom. The molecule has 0 amide bonds. The summed E-state index contributed by atoms with van der Waals surface area (Å²) in [7, 11) is -5.80. The molecule has 0 fully saturated rings. The van der Waals surface area contributed by atoms with Crippen molar-refractivity contribution in [3.05, 3.63) is 64.8 Å². The van der Waals surface area contributed by atoms with Gasteiger partial charge in [-0.1, -0.05) is 55.1 Å². The fraction of sp³-hybridized carbons (Fsp3) is 0.385. The van der Waals surface area contributed by atoms with Crippen LogP contribution in [0.3, 0.4) is 0 Å². The lowest BCUT2D eigenvalue weighted by molar-refractivity contribution is 0.0180. The predicted molar refractivity (Wildman–Crippen MR) is 141 cm³/mol. The van der Waals surface area contributed by atoms with Crippen molar-refractivity contribution >= 4 is 30.3 Å². The Hall–Kier alpha value is -2.89. The number of hydrogen-bond donors (Lipinski definition) is 0. The van der Waals surface area contributed by atoms with E-state index in [2.05, 4.69) is 24.8 Å². The molecule has 0 saturated heterocycles. The number of ether oxygens (including phenoxy) is 1. The Bertz CT molecular complexity index is 1380. The van der Waals surface area contributed by atoms with Crippen LogP contribution in [0, 0.1) is 13.8 Å². The molecule has 0 aliphatic carbocycles. The SMILES string of the molecule is Cc1noc(N(COCC[Si](C)(C)C)S(=O)(=O)c2ccccc2-c2ccc(C=O)cc2C(C)(F)F)c1C. The first-order valence-corrected chi connectivity index (χ1v) is 16.9. The monoisotopic (exact) mass is 550 g/mol. The zero-order valence-electron chi connectivity index (χ0n) is 21.8. The van der Waals surface area contributed by atoms with Crippen molar-refractivity contribution in [2.24, 2.45) is 0 Å². The summed E-state index contributed by atoms with van der Waals surface area (Å²) < 4.78 is 69.5. The molecule has 0 radical (unpaired) electrons. The van der Waals surface area contributed by atoms with E-state index in [1.165, 1.54) is 30.3 Å². The van der Waals surface area contributed by atoms with Gasteiger partial charge in [0.2, 0.25) is 5.88 Å². The Labute approximate surface area is 217 Å². The lowest BCUT2D eigenvalue weighted by atomic mass is 9.94. The second kappa shape index (κ2) is 10.8. The fourth-order valence-electron chi connectivity index (χ4n) is 3.66. The molecular formula is C26H32F2N2O5SSi. The Morgan fingerprint density at radius 3 is 2.35 bits per heavy atom. The molecule has 0 unspecified atom stereocenters. The zero-order valence-corrected chi connectivity index (χ0v) is 23.7. The third kappa shape index (κ3) is 6.52. The number of alkyl halides is 2. The van der Waals surface area contributed by atoms with E-state index >= 15 is 0 Å². The van der Waals surface area contributed by atoms with Crippen molar-refractivity contribution in [3.8, 4) is 11.1 Å². The molecule has 0 saturated carbocycles. The van der Waals surface area contributed by atoms with Crippen LogP contribution >= 0.6 is 0 Å². The third-order valence-corrected chi connectivity index (χ3v) is 9.43. The summed E-state index contributed by atoms with van der Waals surface area (Å²) in [6.45, 7) is 10.7. The molecule has 2 aromatic carbocycles. The molecule has 1 aromatic heterocycles. The Balaban J connectivity index is 2.15. The van der Waals surface area contributed by atoms with Crippen molar-refractivity contribution in [1.82, 2.24) is 5.16 Å². The fourth-order valence-corrected chi connectivity index (χ4v) is 5.97. The van der Waals surface area contributed by atoms with E-state index in [1.807, 2.05) is 0 Å².